The van der Waals surface area contributed by atoms with Crippen molar-refractivity contribution in [2.24, 2.45) is 0 Å². The topological polar surface area (TPSA) is 26.7 Å². The minimum Gasteiger partial charge on any atom is -0.395 e. The second-order valence-electron chi connectivity index (χ2n) is 4.73. The maximum Gasteiger partial charge on any atom is 0.0558 e. The lowest BCUT2D eigenvalue weighted by atomic mass is 9.88. The van der Waals surface area contributed by atoms with E-state index in [1.54, 1.807) is 0 Å². The zero-order chi connectivity index (χ0) is 11.3. The SMILES string of the molecule is CCN(CCO)[C@@H]1CCCC[C@@H]1N(C)C. The molecule has 3 heteroatoms. The fourth-order valence-corrected chi connectivity index (χ4v) is 2.81. The van der Waals surface area contributed by atoms with Gasteiger partial charge in [-0.15, -0.1) is 0 Å². The van der Waals surface area contributed by atoms with Gasteiger partial charge < -0.3 is 10.0 Å². The van der Waals surface area contributed by atoms with E-state index in [0.29, 0.717) is 12.1 Å². The Bertz CT molecular complexity index is 173. The van der Waals surface area contributed by atoms with Crippen LogP contribution in [-0.2, 0) is 0 Å². The molecule has 0 spiro atoms. The van der Waals surface area contributed by atoms with Crippen molar-refractivity contribution in [3.63, 3.8) is 0 Å². The van der Waals surface area contributed by atoms with Crippen LogP contribution in [0.3, 0.4) is 0 Å². The molecular formula is C12H26N2O. The molecule has 1 rings (SSSR count). The van der Waals surface area contributed by atoms with Crippen LogP contribution in [0, 0.1) is 0 Å². The summed E-state index contributed by atoms with van der Waals surface area (Å²) in [7, 11) is 4.35. The van der Waals surface area contributed by atoms with Gasteiger partial charge in [-0.2, -0.15) is 0 Å². The Balaban J connectivity index is 2.60. The molecule has 0 heterocycles. The van der Waals surface area contributed by atoms with Gasteiger partial charge in [-0.3, -0.25) is 4.90 Å². The summed E-state index contributed by atoms with van der Waals surface area (Å²) in [5, 5.41) is 9.07. The highest BCUT2D eigenvalue weighted by Gasteiger charge is 2.30. The molecule has 0 aromatic rings. The first kappa shape index (κ1) is 12.9. The molecule has 1 aliphatic rings. The molecule has 3 nitrogen and oxygen atoms in total. The lowest BCUT2D eigenvalue weighted by Crippen LogP contribution is -2.51. The second-order valence-corrected chi connectivity index (χ2v) is 4.73. The summed E-state index contributed by atoms with van der Waals surface area (Å²) in [5.74, 6) is 0. The Morgan fingerprint density at radius 1 is 1.13 bits per heavy atom. The first-order chi connectivity index (χ1) is 7.20. The molecule has 0 aromatic heterocycles. The van der Waals surface area contributed by atoms with Crippen LogP contribution in [0.5, 0.6) is 0 Å². The highest BCUT2D eigenvalue weighted by molar-refractivity contribution is 4.87. The molecular weight excluding hydrogens is 188 g/mol. The van der Waals surface area contributed by atoms with E-state index in [0.717, 1.165) is 13.1 Å². The number of likely N-dealkylation sites (N-methyl/N-ethyl adjacent to an activating group) is 2. The van der Waals surface area contributed by atoms with E-state index in [4.69, 9.17) is 5.11 Å². The quantitative estimate of drug-likeness (QED) is 0.744. The van der Waals surface area contributed by atoms with Gasteiger partial charge in [0.25, 0.3) is 0 Å². The molecule has 1 saturated carbocycles. The van der Waals surface area contributed by atoms with E-state index >= 15 is 0 Å². The molecule has 15 heavy (non-hydrogen) atoms. The number of hydrogen-bond donors (Lipinski definition) is 1. The van der Waals surface area contributed by atoms with Crippen molar-refractivity contribution in [1.29, 1.82) is 0 Å². The highest BCUT2D eigenvalue weighted by atomic mass is 16.3. The fraction of sp³-hybridized carbons (Fsp3) is 1.00. The van der Waals surface area contributed by atoms with Gasteiger partial charge in [0, 0.05) is 18.6 Å². The molecule has 1 fully saturated rings. The van der Waals surface area contributed by atoms with E-state index in [9.17, 15) is 0 Å². The van der Waals surface area contributed by atoms with Gasteiger partial charge in [-0.05, 0) is 33.5 Å². The minimum atomic E-state index is 0.282. The Kier molecular flexibility index (Phi) is 5.58. The smallest absolute Gasteiger partial charge is 0.0558 e. The van der Waals surface area contributed by atoms with Gasteiger partial charge in [0.15, 0.2) is 0 Å². The summed E-state index contributed by atoms with van der Waals surface area (Å²) in [6, 6.07) is 1.32. The summed E-state index contributed by atoms with van der Waals surface area (Å²) >= 11 is 0. The van der Waals surface area contributed by atoms with Crippen LogP contribution in [-0.4, -0.2) is 60.8 Å². The lowest BCUT2D eigenvalue weighted by Gasteiger charge is -2.42. The van der Waals surface area contributed by atoms with Crippen molar-refractivity contribution in [2.75, 3.05) is 33.8 Å². The standard InChI is InChI=1S/C12H26N2O/c1-4-14(9-10-15)12-8-6-5-7-11(12)13(2)3/h11-12,15H,4-10H2,1-3H3/t11-,12+/m0/s1. The third-order valence-electron chi connectivity index (χ3n) is 3.62. The molecule has 0 bridgehead atoms. The molecule has 0 aliphatic heterocycles. The van der Waals surface area contributed by atoms with Crippen molar-refractivity contribution in [1.82, 2.24) is 9.80 Å². The maximum absolute atomic E-state index is 9.07. The van der Waals surface area contributed by atoms with E-state index in [1.165, 1.54) is 25.7 Å². The van der Waals surface area contributed by atoms with Gasteiger partial charge in [-0.25, -0.2) is 0 Å². The second kappa shape index (κ2) is 6.46. The van der Waals surface area contributed by atoms with Crippen LogP contribution < -0.4 is 0 Å². The van der Waals surface area contributed by atoms with E-state index in [1.807, 2.05) is 0 Å². The van der Waals surface area contributed by atoms with Crippen LogP contribution in [0.1, 0.15) is 32.6 Å². The van der Waals surface area contributed by atoms with Crippen molar-refractivity contribution in [3.8, 4) is 0 Å². The molecule has 2 atom stereocenters. The third kappa shape index (κ3) is 3.44. The number of rotatable bonds is 5. The van der Waals surface area contributed by atoms with Gasteiger partial charge in [-0.1, -0.05) is 19.8 Å². The van der Waals surface area contributed by atoms with Gasteiger partial charge >= 0.3 is 0 Å². The van der Waals surface area contributed by atoms with Crippen LogP contribution in [0.25, 0.3) is 0 Å². The number of aliphatic hydroxyl groups is 1. The number of nitrogens with zero attached hydrogens (tertiary/aromatic N) is 2. The largest absolute Gasteiger partial charge is 0.395 e. The zero-order valence-corrected chi connectivity index (χ0v) is 10.4. The van der Waals surface area contributed by atoms with Gasteiger partial charge in [0.05, 0.1) is 6.61 Å². The maximum atomic E-state index is 9.07. The summed E-state index contributed by atoms with van der Waals surface area (Å²) in [6.45, 7) is 4.35. The molecule has 0 saturated heterocycles. The van der Waals surface area contributed by atoms with Crippen molar-refractivity contribution < 1.29 is 5.11 Å². The Morgan fingerprint density at radius 3 is 2.20 bits per heavy atom. The average molecular weight is 214 g/mol. The van der Waals surface area contributed by atoms with E-state index in [2.05, 4.69) is 30.8 Å². The number of aliphatic hydroxyl groups excluding tert-OH is 1. The molecule has 0 aromatic carbocycles. The third-order valence-corrected chi connectivity index (χ3v) is 3.62. The molecule has 1 N–H and O–H groups in total. The van der Waals surface area contributed by atoms with Gasteiger partial charge in [0.1, 0.15) is 0 Å². The van der Waals surface area contributed by atoms with Gasteiger partial charge in [0.2, 0.25) is 0 Å². The van der Waals surface area contributed by atoms with E-state index < -0.39 is 0 Å². The predicted octanol–water partition coefficient (Wildman–Crippen LogP) is 1.17. The van der Waals surface area contributed by atoms with Crippen molar-refractivity contribution >= 4 is 0 Å². The minimum absolute atomic E-state index is 0.282. The van der Waals surface area contributed by atoms with Crippen LogP contribution in [0.15, 0.2) is 0 Å². The summed E-state index contributed by atoms with van der Waals surface area (Å²) in [6.07, 6.45) is 5.29. The predicted molar refractivity (Wildman–Crippen MR) is 64.1 cm³/mol. The van der Waals surface area contributed by atoms with Crippen LogP contribution in [0.4, 0.5) is 0 Å². The zero-order valence-electron chi connectivity index (χ0n) is 10.4. The normalized spacial score (nSPS) is 27.6. The van der Waals surface area contributed by atoms with Crippen molar-refractivity contribution in [3.05, 3.63) is 0 Å². The molecule has 0 radical (unpaired) electrons. The van der Waals surface area contributed by atoms with Crippen LogP contribution in [0.2, 0.25) is 0 Å². The molecule has 0 unspecified atom stereocenters. The Hall–Kier alpha value is -0.120. The summed E-state index contributed by atoms with van der Waals surface area (Å²) in [5.41, 5.74) is 0. The molecule has 1 aliphatic carbocycles. The van der Waals surface area contributed by atoms with Crippen LogP contribution >= 0.6 is 0 Å². The monoisotopic (exact) mass is 214 g/mol. The summed E-state index contributed by atoms with van der Waals surface area (Å²) < 4.78 is 0. The Morgan fingerprint density at radius 2 is 1.73 bits per heavy atom. The number of hydrogen-bond acceptors (Lipinski definition) is 3. The Labute approximate surface area is 94.1 Å². The average Bonchev–Trinajstić information content (AvgIpc) is 2.26. The first-order valence-electron chi connectivity index (χ1n) is 6.22. The highest BCUT2D eigenvalue weighted by Crippen LogP contribution is 2.25. The molecule has 90 valence electrons. The lowest BCUT2D eigenvalue weighted by molar-refractivity contribution is 0.0643. The first-order valence-corrected chi connectivity index (χ1v) is 6.22. The van der Waals surface area contributed by atoms with Crippen molar-refractivity contribution in [2.45, 2.75) is 44.7 Å². The molecule has 0 amide bonds. The summed E-state index contributed by atoms with van der Waals surface area (Å²) in [4.78, 5) is 4.79. The fourth-order valence-electron chi connectivity index (χ4n) is 2.81. The van der Waals surface area contributed by atoms with E-state index in [-0.39, 0.29) is 6.61 Å².